The van der Waals surface area contributed by atoms with Crippen molar-refractivity contribution in [2.75, 3.05) is 38.5 Å². The number of carbonyl (C=O) groups excluding carboxylic acids is 1. The third-order valence-electron chi connectivity index (χ3n) is 6.67. The van der Waals surface area contributed by atoms with Crippen LogP contribution in [-0.4, -0.2) is 53.4 Å². The highest BCUT2D eigenvalue weighted by atomic mass is 16.5. The van der Waals surface area contributed by atoms with E-state index in [1.165, 1.54) is 5.56 Å². The van der Waals surface area contributed by atoms with Gasteiger partial charge < -0.3 is 20.3 Å². The van der Waals surface area contributed by atoms with E-state index in [9.17, 15) is 4.79 Å². The lowest BCUT2D eigenvalue weighted by molar-refractivity contribution is 0.0643. The standard InChI is InChI=1S/C29H36N4O2/c1-5-32-14-16-33(17-15-32)28(34)23-10-8-22(9-11-23)24-18-26(27(30)31-19-24)35-20-21-6-12-25(13-7-21)29(2,3)4/h6-13,18-19H,5,14-17,20H2,1-4H3,(H2,30,31). The zero-order chi connectivity index (χ0) is 25.0. The number of nitrogens with two attached hydrogens (primary N) is 1. The summed E-state index contributed by atoms with van der Waals surface area (Å²) in [5.74, 6) is 0.999. The van der Waals surface area contributed by atoms with Gasteiger partial charge in [0.1, 0.15) is 6.61 Å². The fraction of sp³-hybridized carbons (Fsp3) is 0.379. The first-order valence-electron chi connectivity index (χ1n) is 12.3. The molecule has 2 aromatic carbocycles. The van der Waals surface area contributed by atoms with E-state index in [4.69, 9.17) is 10.5 Å². The van der Waals surface area contributed by atoms with Crippen LogP contribution < -0.4 is 10.5 Å². The molecule has 184 valence electrons. The zero-order valence-corrected chi connectivity index (χ0v) is 21.3. The molecule has 1 aliphatic rings. The molecule has 1 aliphatic heterocycles. The van der Waals surface area contributed by atoms with Crippen molar-refractivity contribution in [1.29, 1.82) is 0 Å². The second-order valence-corrected chi connectivity index (χ2v) is 10.1. The number of nitrogen functional groups attached to an aromatic ring is 1. The van der Waals surface area contributed by atoms with Crippen LogP contribution in [0.4, 0.5) is 5.82 Å². The van der Waals surface area contributed by atoms with Gasteiger partial charge in [-0.3, -0.25) is 4.79 Å². The molecule has 0 aliphatic carbocycles. The van der Waals surface area contributed by atoms with Crippen molar-refractivity contribution in [2.24, 2.45) is 0 Å². The summed E-state index contributed by atoms with van der Waals surface area (Å²) in [7, 11) is 0. The first-order chi connectivity index (χ1) is 16.7. The molecule has 0 atom stereocenters. The molecule has 6 nitrogen and oxygen atoms in total. The maximum atomic E-state index is 12.9. The highest BCUT2D eigenvalue weighted by Gasteiger charge is 2.21. The maximum absolute atomic E-state index is 12.9. The average molecular weight is 473 g/mol. The van der Waals surface area contributed by atoms with E-state index in [1.54, 1.807) is 6.20 Å². The number of anilines is 1. The fourth-order valence-corrected chi connectivity index (χ4v) is 4.25. The highest BCUT2D eigenvalue weighted by molar-refractivity contribution is 5.94. The number of likely N-dealkylation sites (N-methyl/N-ethyl adjacent to an activating group) is 1. The second kappa shape index (κ2) is 10.5. The fourth-order valence-electron chi connectivity index (χ4n) is 4.25. The molecule has 2 N–H and O–H groups in total. The molecule has 0 bridgehead atoms. The van der Waals surface area contributed by atoms with Crippen LogP contribution in [0.2, 0.25) is 0 Å². The van der Waals surface area contributed by atoms with Crippen molar-refractivity contribution < 1.29 is 9.53 Å². The number of hydrogen-bond acceptors (Lipinski definition) is 5. The number of piperazine rings is 1. The number of amides is 1. The van der Waals surface area contributed by atoms with E-state index in [0.717, 1.165) is 49.4 Å². The number of nitrogens with zero attached hydrogens (tertiary/aromatic N) is 3. The lowest BCUT2D eigenvalue weighted by Crippen LogP contribution is -2.48. The molecule has 0 radical (unpaired) electrons. The van der Waals surface area contributed by atoms with Crippen molar-refractivity contribution in [1.82, 2.24) is 14.8 Å². The summed E-state index contributed by atoms with van der Waals surface area (Å²) in [6.45, 7) is 13.6. The first kappa shape index (κ1) is 24.7. The number of ether oxygens (including phenoxy) is 1. The number of rotatable bonds is 6. The van der Waals surface area contributed by atoms with E-state index in [0.29, 0.717) is 23.7 Å². The summed E-state index contributed by atoms with van der Waals surface area (Å²) in [5.41, 5.74) is 11.1. The van der Waals surface area contributed by atoms with Crippen molar-refractivity contribution >= 4 is 11.7 Å². The van der Waals surface area contributed by atoms with Gasteiger partial charge in [-0.2, -0.15) is 0 Å². The topological polar surface area (TPSA) is 71.7 Å². The third kappa shape index (κ3) is 6.01. The molecule has 4 rings (SSSR count). The Morgan fingerprint density at radius 3 is 2.23 bits per heavy atom. The van der Waals surface area contributed by atoms with Crippen LogP contribution in [-0.2, 0) is 12.0 Å². The highest BCUT2D eigenvalue weighted by Crippen LogP contribution is 2.29. The van der Waals surface area contributed by atoms with Crippen LogP contribution in [0.5, 0.6) is 5.75 Å². The Hall–Kier alpha value is -3.38. The number of pyridine rings is 1. The molecule has 1 fully saturated rings. The molecule has 1 amide bonds. The van der Waals surface area contributed by atoms with E-state index >= 15 is 0 Å². The number of aromatic nitrogens is 1. The average Bonchev–Trinajstić information content (AvgIpc) is 2.88. The number of carbonyl (C=O) groups is 1. The normalized spacial score (nSPS) is 14.7. The van der Waals surface area contributed by atoms with Gasteiger partial charge in [0.05, 0.1) is 0 Å². The second-order valence-electron chi connectivity index (χ2n) is 10.1. The van der Waals surface area contributed by atoms with Crippen molar-refractivity contribution in [3.8, 4) is 16.9 Å². The lowest BCUT2D eigenvalue weighted by atomic mass is 9.87. The number of benzene rings is 2. The molecule has 1 saturated heterocycles. The van der Waals surface area contributed by atoms with Gasteiger partial charge >= 0.3 is 0 Å². The monoisotopic (exact) mass is 472 g/mol. The van der Waals surface area contributed by atoms with E-state index in [2.05, 4.69) is 61.8 Å². The van der Waals surface area contributed by atoms with Gasteiger partial charge in [-0.15, -0.1) is 0 Å². The molecule has 0 saturated carbocycles. The Labute approximate surface area is 208 Å². The molecular weight excluding hydrogens is 436 g/mol. The lowest BCUT2D eigenvalue weighted by Gasteiger charge is -2.34. The summed E-state index contributed by atoms with van der Waals surface area (Å²) < 4.78 is 6.02. The van der Waals surface area contributed by atoms with E-state index in [1.807, 2.05) is 35.2 Å². The number of hydrogen-bond donors (Lipinski definition) is 1. The summed E-state index contributed by atoms with van der Waals surface area (Å²) >= 11 is 0. The van der Waals surface area contributed by atoms with Gasteiger partial charge in [0, 0.05) is 43.5 Å². The van der Waals surface area contributed by atoms with Crippen molar-refractivity contribution in [2.45, 2.75) is 39.7 Å². The van der Waals surface area contributed by atoms with E-state index in [-0.39, 0.29) is 11.3 Å². The SMILES string of the molecule is CCN1CCN(C(=O)c2ccc(-c3cnc(N)c(OCc4ccc(C(C)(C)C)cc4)c3)cc2)CC1. The van der Waals surface area contributed by atoms with Crippen molar-refractivity contribution in [3.05, 3.63) is 77.5 Å². The zero-order valence-electron chi connectivity index (χ0n) is 21.3. The van der Waals surface area contributed by atoms with Gasteiger partial charge in [-0.1, -0.05) is 64.1 Å². The van der Waals surface area contributed by atoms with Crippen LogP contribution in [0.1, 0.15) is 49.2 Å². The third-order valence-corrected chi connectivity index (χ3v) is 6.67. The minimum absolute atomic E-state index is 0.0873. The largest absolute Gasteiger partial charge is 0.485 e. The van der Waals surface area contributed by atoms with Gasteiger partial charge in [0.2, 0.25) is 0 Å². The van der Waals surface area contributed by atoms with Crippen molar-refractivity contribution in [3.63, 3.8) is 0 Å². The molecule has 0 unspecified atom stereocenters. The van der Waals surface area contributed by atoms with Crippen LogP contribution in [0.15, 0.2) is 60.8 Å². The van der Waals surface area contributed by atoms with E-state index < -0.39 is 0 Å². The van der Waals surface area contributed by atoms with Gasteiger partial charge in [0.25, 0.3) is 5.91 Å². The molecule has 35 heavy (non-hydrogen) atoms. The molecule has 6 heteroatoms. The van der Waals surface area contributed by atoms with Crippen LogP contribution in [0, 0.1) is 0 Å². The summed E-state index contributed by atoms with van der Waals surface area (Å²) in [5, 5.41) is 0. The molecule has 1 aromatic heterocycles. The molecular formula is C29H36N4O2. The Balaban J connectivity index is 1.42. The van der Waals surface area contributed by atoms with Gasteiger partial charge in [0.15, 0.2) is 11.6 Å². The van der Waals surface area contributed by atoms with Gasteiger partial charge in [-0.25, -0.2) is 4.98 Å². The summed E-state index contributed by atoms with van der Waals surface area (Å²) in [6, 6.07) is 18.1. The quantitative estimate of drug-likeness (QED) is 0.548. The smallest absolute Gasteiger partial charge is 0.253 e. The van der Waals surface area contributed by atoms with Gasteiger partial charge in [-0.05, 0) is 46.8 Å². The minimum atomic E-state index is 0.0873. The Kier molecular flexibility index (Phi) is 7.41. The summed E-state index contributed by atoms with van der Waals surface area (Å²) in [6.07, 6.45) is 1.74. The molecule has 3 aromatic rings. The molecule has 2 heterocycles. The predicted molar refractivity (Wildman–Crippen MR) is 142 cm³/mol. The van der Waals surface area contributed by atoms with Crippen LogP contribution in [0.3, 0.4) is 0 Å². The Bertz CT molecular complexity index is 1140. The Morgan fingerprint density at radius 1 is 0.971 bits per heavy atom. The Morgan fingerprint density at radius 2 is 1.63 bits per heavy atom. The maximum Gasteiger partial charge on any atom is 0.253 e. The van der Waals surface area contributed by atoms with Crippen LogP contribution in [0.25, 0.3) is 11.1 Å². The predicted octanol–water partition coefficient (Wildman–Crippen LogP) is 4.99. The molecule has 0 spiro atoms. The first-order valence-corrected chi connectivity index (χ1v) is 12.3. The minimum Gasteiger partial charge on any atom is -0.485 e. The van der Waals surface area contributed by atoms with Crippen LogP contribution >= 0.6 is 0 Å². The summed E-state index contributed by atoms with van der Waals surface area (Å²) in [4.78, 5) is 21.5.